The number of carbonyl (C=O) groups excluding carboxylic acids is 2. The summed E-state index contributed by atoms with van der Waals surface area (Å²) >= 11 is 8.54. The molecular weight excluding hydrogens is 498 g/mol. The lowest BCUT2D eigenvalue weighted by Crippen LogP contribution is -2.10. The highest BCUT2D eigenvalue weighted by Gasteiger charge is 2.16. The minimum Gasteiger partial charge on any atom is -0.462 e. The minimum absolute atomic E-state index is 0.128. The standard InChI is InChI=1S/C14H15N3O2S.C8H9ClN2O2S/c1-3-19-13(18)11-9-15-14(20-2)17-12(11)16-10-7-5-4-6-8-10;1-3-13-7(12)5-4-10-8(14-2)11-6(5)9/h4-9H,3H2,1-2H3,(H,15,16,17);4H,3H2,1-2H3. The lowest BCUT2D eigenvalue weighted by molar-refractivity contribution is 0.0516. The number of para-hydroxylation sites is 1. The Balaban J connectivity index is 0.000000257. The quantitative estimate of drug-likeness (QED) is 0.183. The van der Waals surface area contributed by atoms with E-state index in [0.717, 1.165) is 5.69 Å². The van der Waals surface area contributed by atoms with E-state index in [-0.39, 0.29) is 10.7 Å². The number of rotatable bonds is 8. The van der Waals surface area contributed by atoms with Crippen LogP contribution in [0.3, 0.4) is 0 Å². The highest BCUT2D eigenvalue weighted by Crippen LogP contribution is 2.21. The van der Waals surface area contributed by atoms with Crippen molar-refractivity contribution in [2.24, 2.45) is 0 Å². The van der Waals surface area contributed by atoms with Crippen molar-refractivity contribution in [1.29, 1.82) is 0 Å². The molecule has 2 heterocycles. The normalized spacial score (nSPS) is 10.0. The summed E-state index contributed by atoms with van der Waals surface area (Å²) in [6.45, 7) is 4.11. The van der Waals surface area contributed by atoms with Gasteiger partial charge in [-0.3, -0.25) is 0 Å². The van der Waals surface area contributed by atoms with Crippen LogP contribution in [0.25, 0.3) is 0 Å². The number of carbonyl (C=O) groups is 2. The molecule has 12 heteroatoms. The first-order valence-electron chi connectivity index (χ1n) is 10.1. The second-order valence-electron chi connectivity index (χ2n) is 6.11. The second kappa shape index (κ2) is 14.4. The van der Waals surface area contributed by atoms with E-state index in [1.807, 2.05) is 42.8 Å². The molecule has 1 aromatic carbocycles. The maximum Gasteiger partial charge on any atom is 0.343 e. The molecule has 0 bridgehead atoms. The van der Waals surface area contributed by atoms with Gasteiger partial charge in [-0.25, -0.2) is 29.5 Å². The number of hydrogen-bond acceptors (Lipinski definition) is 11. The molecule has 0 aliphatic rings. The molecule has 0 saturated heterocycles. The van der Waals surface area contributed by atoms with Crippen molar-refractivity contribution < 1.29 is 19.1 Å². The van der Waals surface area contributed by atoms with Crippen LogP contribution < -0.4 is 5.32 Å². The molecule has 0 amide bonds. The van der Waals surface area contributed by atoms with Crippen molar-refractivity contribution in [2.75, 3.05) is 31.0 Å². The molecule has 0 aliphatic carbocycles. The number of nitrogens with zero attached hydrogens (tertiary/aromatic N) is 4. The van der Waals surface area contributed by atoms with Crippen molar-refractivity contribution in [2.45, 2.75) is 24.2 Å². The Morgan fingerprint density at radius 3 is 1.94 bits per heavy atom. The fraction of sp³-hybridized carbons (Fsp3) is 0.273. The third-order valence-corrected chi connectivity index (χ3v) is 5.29. The van der Waals surface area contributed by atoms with Gasteiger partial charge in [-0.2, -0.15) is 0 Å². The zero-order valence-corrected chi connectivity index (χ0v) is 21.5. The first-order chi connectivity index (χ1) is 16.4. The van der Waals surface area contributed by atoms with E-state index < -0.39 is 11.9 Å². The van der Waals surface area contributed by atoms with Crippen LogP contribution >= 0.6 is 35.1 Å². The summed E-state index contributed by atoms with van der Waals surface area (Å²) in [6.07, 6.45) is 6.57. The van der Waals surface area contributed by atoms with Gasteiger partial charge < -0.3 is 14.8 Å². The Hall–Kier alpha value is -2.89. The molecule has 3 rings (SSSR count). The molecule has 0 radical (unpaired) electrons. The van der Waals surface area contributed by atoms with Crippen LogP contribution in [0.4, 0.5) is 11.5 Å². The maximum absolute atomic E-state index is 11.9. The molecule has 0 atom stereocenters. The first-order valence-corrected chi connectivity index (χ1v) is 12.9. The number of nitrogens with one attached hydrogen (secondary N) is 1. The molecule has 0 spiro atoms. The fourth-order valence-electron chi connectivity index (χ4n) is 2.37. The maximum atomic E-state index is 11.9. The predicted molar refractivity (Wildman–Crippen MR) is 134 cm³/mol. The van der Waals surface area contributed by atoms with Crippen LogP contribution in [0.15, 0.2) is 53.0 Å². The summed E-state index contributed by atoms with van der Waals surface area (Å²) in [5.74, 6) is -0.474. The largest absolute Gasteiger partial charge is 0.462 e. The van der Waals surface area contributed by atoms with E-state index in [1.165, 1.54) is 35.9 Å². The van der Waals surface area contributed by atoms with Crippen LogP contribution in [0.1, 0.15) is 34.6 Å². The van der Waals surface area contributed by atoms with Crippen LogP contribution in [-0.2, 0) is 9.47 Å². The van der Waals surface area contributed by atoms with Crippen LogP contribution in [0.5, 0.6) is 0 Å². The Bertz CT molecular complexity index is 1110. The summed E-state index contributed by atoms with van der Waals surface area (Å²) in [4.78, 5) is 39.5. The highest BCUT2D eigenvalue weighted by molar-refractivity contribution is 7.98. The Morgan fingerprint density at radius 2 is 1.41 bits per heavy atom. The molecule has 1 N–H and O–H groups in total. The molecule has 0 aliphatic heterocycles. The van der Waals surface area contributed by atoms with Gasteiger partial charge in [0.2, 0.25) is 0 Å². The number of halogens is 1. The number of esters is 2. The molecule has 34 heavy (non-hydrogen) atoms. The monoisotopic (exact) mass is 521 g/mol. The van der Waals surface area contributed by atoms with Gasteiger partial charge in [0.05, 0.1) is 13.2 Å². The van der Waals surface area contributed by atoms with Gasteiger partial charge in [0.25, 0.3) is 0 Å². The summed E-state index contributed by atoms with van der Waals surface area (Å²) in [5.41, 5.74) is 1.38. The van der Waals surface area contributed by atoms with Crippen molar-refractivity contribution in [3.63, 3.8) is 0 Å². The van der Waals surface area contributed by atoms with Crippen molar-refractivity contribution in [1.82, 2.24) is 19.9 Å². The van der Waals surface area contributed by atoms with Gasteiger partial charge in [-0.1, -0.05) is 53.3 Å². The molecular formula is C22H24ClN5O4S2. The van der Waals surface area contributed by atoms with Crippen LogP contribution in [0, 0.1) is 0 Å². The molecule has 180 valence electrons. The first kappa shape index (κ1) is 27.4. The molecule has 3 aromatic rings. The van der Waals surface area contributed by atoms with Gasteiger partial charge >= 0.3 is 11.9 Å². The highest BCUT2D eigenvalue weighted by atomic mass is 35.5. The number of thioether (sulfide) groups is 2. The summed E-state index contributed by atoms with van der Waals surface area (Å²) in [7, 11) is 0. The zero-order chi connectivity index (χ0) is 24.9. The predicted octanol–water partition coefficient (Wildman–Crippen LogP) is 5.15. The van der Waals surface area contributed by atoms with Gasteiger partial charge in [-0.05, 0) is 38.5 Å². The molecule has 2 aromatic heterocycles. The summed E-state index contributed by atoms with van der Waals surface area (Å²) in [6, 6.07) is 9.53. The van der Waals surface area contributed by atoms with E-state index in [9.17, 15) is 9.59 Å². The van der Waals surface area contributed by atoms with Gasteiger partial charge in [0.1, 0.15) is 22.1 Å². The molecule has 9 nitrogen and oxygen atoms in total. The van der Waals surface area contributed by atoms with E-state index >= 15 is 0 Å². The van der Waals surface area contributed by atoms with Gasteiger partial charge in [0, 0.05) is 18.1 Å². The lowest BCUT2D eigenvalue weighted by Gasteiger charge is -2.10. The number of hydrogen-bond donors (Lipinski definition) is 1. The topological polar surface area (TPSA) is 116 Å². The Morgan fingerprint density at radius 1 is 0.882 bits per heavy atom. The number of aromatic nitrogens is 4. The van der Waals surface area contributed by atoms with Crippen molar-refractivity contribution in [3.8, 4) is 0 Å². The fourth-order valence-corrected chi connectivity index (χ4v) is 3.30. The van der Waals surface area contributed by atoms with Crippen molar-refractivity contribution in [3.05, 3.63) is 59.0 Å². The van der Waals surface area contributed by atoms with Crippen LogP contribution in [0.2, 0.25) is 5.15 Å². The van der Waals surface area contributed by atoms with E-state index in [1.54, 1.807) is 13.8 Å². The third kappa shape index (κ3) is 8.15. The SMILES string of the molecule is CCOC(=O)c1cnc(SC)nc1Cl.CCOC(=O)c1cnc(SC)nc1Nc1ccccc1. The minimum atomic E-state index is -0.495. The van der Waals surface area contributed by atoms with E-state index in [4.69, 9.17) is 21.1 Å². The summed E-state index contributed by atoms with van der Waals surface area (Å²) in [5, 5.41) is 4.37. The van der Waals surface area contributed by atoms with Gasteiger partial charge in [-0.15, -0.1) is 0 Å². The van der Waals surface area contributed by atoms with Gasteiger partial charge in [0.15, 0.2) is 10.3 Å². The molecule has 0 unspecified atom stereocenters. The molecule has 0 saturated carbocycles. The zero-order valence-electron chi connectivity index (χ0n) is 19.1. The number of ether oxygens (including phenoxy) is 2. The lowest BCUT2D eigenvalue weighted by atomic mass is 10.2. The number of benzene rings is 1. The van der Waals surface area contributed by atoms with Crippen LogP contribution in [-0.4, -0.2) is 57.6 Å². The average molecular weight is 522 g/mol. The third-order valence-electron chi connectivity index (χ3n) is 3.88. The Kier molecular flexibility index (Phi) is 11.6. The average Bonchev–Trinajstić information content (AvgIpc) is 2.85. The smallest absolute Gasteiger partial charge is 0.343 e. The van der Waals surface area contributed by atoms with E-state index in [2.05, 4.69) is 25.3 Å². The summed E-state index contributed by atoms with van der Waals surface area (Å²) < 4.78 is 9.79. The second-order valence-corrected chi connectivity index (χ2v) is 8.02. The number of anilines is 2. The Labute approximate surface area is 211 Å². The molecule has 0 fully saturated rings. The van der Waals surface area contributed by atoms with Crippen molar-refractivity contribution >= 4 is 58.6 Å². The van der Waals surface area contributed by atoms with E-state index in [0.29, 0.717) is 34.9 Å².